The first kappa shape index (κ1) is 10.4. The van der Waals surface area contributed by atoms with Crippen molar-refractivity contribution in [2.24, 2.45) is 5.92 Å². The maximum atomic E-state index is 8.89. The van der Waals surface area contributed by atoms with E-state index in [9.17, 15) is 0 Å². The van der Waals surface area contributed by atoms with Crippen molar-refractivity contribution in [2.75, 3.05) is 0 Å². The summed E-state index contributed by atoms with van der Waals surface area (Å²) >= 11 is 0. The summed E-state index contributed by atoms with van der Waals surface area (Å²) in [6.45, 7) is 5.94. The Hall–Kier alpha value is -0.560. The largest absolute Gasteiger partial charge is 0.389 e. The SMILES string of the molecule is C/C=C/C(C)C/C=C/C(C)O. The Morgan fingerprint density at radius 2 is 1.91 bits per heavy atom. The molecule has 2 unspecified atom stereocenters. The van der Waals surface area contributed by atoms with Crippen molar-refractivity contribution < 1.29 is 5.11 Å². The molecule has 0 bridgehead atoms. The van der Waals surface area contributed by atoms with Gasteiger partial charge in [0, 0.05) is 0 Å². The van der Waals surface area contributed by atoms with Crippen molar-refractivity contribution in [3.63, 3.8) is 0 Å². The zero-order chi connectivity index (χ0) is 8.69. The van der Waals surface area contributed by atoms with Crippen LogP contribution in [0.1, 0.15) is 27.2 Å². The van der Waals surface area contributed by atoms with Gasteiger partial charge in [0.05, 0.1) is 6.10 Å². The quantitative estimate of drug-likeness (QED) is 0.617. The minimum Gasteiger partial charge on any atom is -0.389 e. The molecule has 0 aromatic rings. The van der Waals surface area contributed by atoms with Crippen molar-refractivity contribution >= 4 is 0 Å². The number of hydrogen-bond donors (Lipinski definition) is 1. The summed E-state index contributed by atoms with van der Waals surface area (Å²) in [5.74, 6) is 0.579. The van der Waals surface area contributed by atoms with Crippen LogP contribution in [0.15, 0.2) is 24.3 Å². The summed E-state index contributed by atoms with van der Waals surface area (Å²) in [7, 11) is 0. The van der Waals surface area contributed by atoms with Gasteiger partial charge >= 0.3 is 0 Å². The van der Waals surface area contributed by atoms with Gasteiger partial charge in [-0.05, 0) is 26.2 Å². The Morgan fingerprint density at radius 3 is 2.36 bits per heavy atom. The van der Waals surface area contributed by atoms with Crippen LogP contribution in [0.2, 0.25) is 0 Å². The van der Waals surface area contributed by atoms with E-state index >= 15 is 0 Å². The third-order valence-corrected chi connectivity index (χ3v) is 1.44. The molecule has 0 aromatic carbocycles. The smallest absolute Gasteiger partial charge is 0.0692 e. The second-order valence-electron chi connectivity index (χ2n) is 2.91. The minimum atomic E-state index is -0.312. The van der Waals surface area contributed by atoms with Crippen molar-refractivity contribution in [2.45, 2.75) is 33.3 Å². The maximum absolute atomic E-state index is 8.89. The normalized spacial score (nSPS) is 17.8. The van der Waals surface area contributed by atoms with Crippen LogP contribution in [0.4, 0.5) is 0 Å². The van der Waals surface area contributed by atoms with Crippen LogP contribution in [0.3, 0.4) is 0 Å². The number of allylic oxidation sites excluding steroid dienone is 3. The van der Waals surface area contributed by atoms with Crippen LogP contribution in [-0.2, 0) is 0 Å². The molecule has 2 atom stereocenters. The zero-order valence-electron chi connectivity index (χ0n) is 7.62. The molecule has 0 saturated heterocycles. The first-order chi connectivity index (χ1) is 5.16. The molecular weight excluding hydrogens is 136 g/mol. The molecule has 1 nitrogen and oxygen atoms in total. The average molecular weight is 154 g/mol. The molecule has 0 fully saturated rings. The molecule has 0 rings (SSSR count). The molecule has 0 heterocycles. The molecule has 0 spiro atoms. The fourth-order valence-electron chi connectivity index (χ4n) is 0.897. The molecule has 0 aromatic heterocycles. The molecule has 0 saturated carbocycles. The maximum Gasteiger partial charge on any atom is 0.0692 e. The molecule has 1 N–H and O–H groups in total. The van der Waals surface area contributed by atoms with Crippen LogP contribution in [-0.4, -0.2) is 11.2 Å². The van der Waals surface area contributed by atoms with E-state index in [1.54, 1.807) is 6.92 Å². The fraction of sp³-hybridized carbons (Fsp3) is 0.600. The van der Waals surface area contributed by atoms with Gasteiger partial charge in [0.15, 0.2) is 0 Å². The van der Waals surface area contributed by atoms with Gasteiger partial charge in [0.25, 0.3) is 0 Å². The van der Waals surface area contributed by atoms with Crippen molar-refractivity contribution in [1.82, 2.24) is 0 Å². The molecule has 64 valence electrons. The lowest BCUT2D eigenvalue weighted by atomic mass is 10.1. The van der Waals surface area contributed by atoms with Gasteiger partial charge in [0.1, 0.15) is 0 Å². The average Bonchev–Trinajstić information content (AvgIpc) is 1.87. The summed E-state index contributed by atoms with van der Waals surface area (Å²) in [4.78, 5) is 0. The van der Waals surface area contributed by atoms with E-state index in [0.29, 0.717) is 5.92 Å². The second kappa shape index (κ2) is 6.17. The molecule has 0 aliphatic rings. The van der Waals surface area contributed by atoms with Crippen molar-refractivity contribution in [3.05, 3.63) is 24.3 Å². The molecule has 0 radical (unpaired) electrons. The van der Waals surface area contributed by atoms with Crippen LogP contribution in [0.25, 0.3) is 0 Å². The van der Waals surface area contributed by atoms with E-state index in [0.717, 1.165) is 6.42 Å². The highest BCUT2D eigenvalue weighted by Crippen LogP contribution is 2.04. The highest BCUT2D eigenvalue weighted by Gasteiger charge is 1.91. The van der Waals surface area contributed by atoms with Crippen LogP contribution in [0.5, 0.6) is 0 Å². The molecule has 1 heteroatoms. The van der Waals surface area contributed by atoms with Gasteiger partial charge in [-0.25, -0.2) is 0 Å². The lowest BCUT2D eigenvalue weighted by Gasteiger charge is -2.00. The molecule has 0 aliphatic carbocycles. The minimum absolute atomic E-state index is 0.312. The Balaban J connectivity index is 3.52. The van der Waals surface area contributed by atoms with Gasteiger partial charge in [0.2, 0.25) is 0 Å². The predicted molar refractivity (Wildman–Crippen MR) is 49.4 cm³/mol. The van der Waals surface area contributed by atoms with Gasteiger partial charge in [-0.3, -0.25) is 0 Å². The van der Waals surface area contributed by atoms with Crippen LogP contribution in [0, 0.1) is 5.92 Å². The van der Waals surface area contributed by atoms with E-state index in [1.807, 2.05) is 19.1 Å². The van der Waals surface area contributed by atoms with Crippen LogP contribution >= 0.6 is 0 Å². The highest BCUT2D eigenvalue weighted by molar-refractivity contribution is 4.92. The van der Waals surface area contributed by atoms with Gasteiger partial charge in [-0.1, -0.05) is 31.2 Å². The summed E-state index contributed by atoms with van der Waals surface area (Å²) < 4.78 is 0. The van der Waals surface area contributed by atoms with E-state index in [4.69, 9.17) is 5.11 Å². The summed E-state index contributed by atoms with van der Waals surface area (Å²) in [6.07, 6.45) is 8.76. The highest BCUT2D eigenvalue weighted by atomic mass is 16.3. The van der Waals surface area contributed by atoms with E-state index in [1.165, 1.54) is 0 Å². The van der Waals surface area contributed by atoms with Crippen molar-refractivity contribution in [3.8, 4) is 0 Å². The van der Waals surface area contributed by atoms with Crippen molar-refractivity contribution in [1.29, 1.82) is 0 Å². The summed E-state index contributed by atoms with van der Waals surface area (Å²) in [5, 5.41) is 8.89. The third kappa shape index (κ3) is 7.34. The molecular formula is C10H18O. The predicted octanol–water partition coefficient (Wildman–Crippen LogP) is 2.53. The van der Waals surface area contributed by atoms with E-state index in [2.05, 4.69) is 19.1 Å². The first-order valence-electron chi connectivity index (χ1n) is 4.14. The first-order valence-corrected chi connectivity index (χ1v) is 4.14. The second-order valence-corrected chi connectivity index (χ2v) is 2.91. The van der Waals surface area contributed by atoms with Gasteiger partial charge in [-0.15, -0.1) is 0 Å². The molecule has 0 aliphatic heterocycles. The zero-order valence-corrected chi connectivity index (χ0v) is 7.62. The van der Waals surface area contributed by atoms with Gasteiger partial charge < -0.3 is 5.11 Å². The lowest BCUT2D eigenvalue weighted by molar-refractivity contribution is 0.243. The Morgan fingerprint density at radius 1 is 1.27 bits per heavy atom. The standard InChI is InChI=1S/C10H18O/c1-4-6-9(2)7-5-8-10(3)11/h4-6,8-11H,7H2,1-3H3/b6-4+,8-5+. The monoisotopic (exact) mass is 154 g/mol. The number of hydrogen-bond acceptors (Lipinski definition) is 1. The Labute approximate surface area is 69.4 Å². The lowest BCUT2D eigenvalue weighted by Crippen LogP contribution is -1.93. The molecule has 0 amide bonds. The Kier molecular flexibility index (Phi) is 5.86. The van der Waals surface area contributed by atoms with Crippen LogP contribution < -0.4 is 0 Å². The van der Waals surface area contributed by atoms with E-state index < -0.39 is 0 Å². The number of rotatable bonds is 4. The topological polar surface area (TPSA) is 20.2 Å². The van der Waals surface area contributed by atoms with Gasteiger partial charge in [-0.2, -0.15) is 0 Å². The van der Waals surface area contributed by atoms with E-state index in [-0.39, 0.29) is 6.10 Å². The number of aliphatic hydroxyl groups excluding tert-OH is 1. The summed E-state index contributed by atoms with van der Waals surface area (Å²) in [6, 6.07) is 0. The molecule has 11 heavy (non-hydrogen) atoms. The Bertz CT molecular complexity index is 134. The fourth-order valence-corrected chi connectivity index (χ4v) is 0.897. The summed E-state index contributed by atoms with van der Waals surface area (Å²) in [5.41, 5.74) is 0. The number of aliphatic hydroxyl groups is 1. The third-order valence-electron chi connectivity index (χ3n) is 1.44.